The summed E-state index contributed by atoms with van der Waals surface area (Å²) in [6.07, 6.45) is 5.98. The molecule has 0 unspecified atom stereocenters. The molecule has 4 atom stereocenters. The van der Waals surface area contributed by atoms with Gasteiger partial charge in [0.25, 0.3) is 0 Å². The standard InChI is InChI=1S/C15H18/c1-9-3-2-4-11-8-13-10-5-6-12(7-10)15(13)14(9)11/h2-4,10,12-13,15H,5-8H2,1H3/t10-,12+,13+,15-/m1/s1. The molecular weight excluding hydrogens is 180 g/mol. The van der Waals surface area contributed by atoms with Gasteiger partial charge in [-0.1, -0.05) is 18.2 Å². The normalized spacial score (nSPS) is 40.6. The molecule has 3 aliphatic carbocycles. The van der Waals surface area contributed by atoms with Gasteiger partial charge in [0.2, 0.25) is 0 Å². The molecular formula is C15H18. The molecule has 0 nitrogen and oxygen atoms in total. The van der Waals surface area contributed by atoms with Crippen LogP contribution in [-0.2, 0) is 6.42 Å². The molecule has 15 heavy (non-hydrogen) atoms. The molecule has 2 bridgehead atoms. The predicted molar refractivity (Wildman–Crippen MR) is 61.9 cm³/mol. The first-order chi connectivity index (χ1) is 7.34. The first-order valence-electron chi connectivity index (χ1n) is 6.43. The van der Waals surface area contributed by atoms with Crippen LogP contribution in [0.25, 0.3) is 0 Å². The number of rotatable bonds is 0. The highest BCUT2D eigenvalue weighted by Crippen LogP contribution is 2.61. The van der Waals surface area contributed by atoms with Crippen LogP contribution in [0.5, 0.6) is 0 Å². The summed E-state index contributed by atoms with van der Waals surface area (Å²) in [5.74, 6) is 4.11. The molecule has 2 saturated carbocycles. The molecule has 0 heteroatoms. The van der Waals surface area contributed by atoms with E-state index < -0.39 is 0 Å². The monoisotopic (exact) mass is 198 g/mol. The van der Waals surface area contributed by atoms with E-state index in [0.29, 0.717) is 0 Å². The summed E-state index contributed by atoms with van der Waals surface area (Å²) < 4.78 is 0. The van der Waals surface area contributed by atoms with Crippen LogP contribution >= 0.6 is 0 Å². The molecule has 0 aromatic heterocycles. The van der Waals surface area contributed by atoms with Crippen molar-refractivity contribution in [1.29, 1.82) is 0 Å². The van der Waals surface area contributed by atoms with E-state index in [9.17, 15) is 0 Å². The van der Waals surface area contributed by atoms with Crippen molar-refractivity contribution >= 4 is 0 Å². The van der Waals surface area contributed by atoms with Crippen LogP contribution in [0.2, 0.25) is 0 Å². The highest BCUT2D eigenvalue weighted by molar-refractivity contribution is 5.44. The van der Waals surface area contributed by atoms with E-state index in [4.69, 9.17) is 0 Å². The third-order valence-corrected chi connectivity index (χ3v) is 5.29. The second-order valence-electron chi connectivity index (χ2n) is 5.87. The van der Waals surface area contributed by atoms with E-state index in [1.807, 2.05) is 0 Å². The minimum absolute atomic E-state index is 0.958. The second-order valence-corrected chi connectivity index (χ2v) is 5.87. The highest BCUT2D eigenvalue weighted by Gasteiger charge is 2.51. The molecule has 0 heterocycles. The second kappa shape index (κ2) is 2.66. The zero-order chi connectivity index (χ0) is 9.99. The minimum atomic E-state index is 0.958. The van der Waals surface area contributed by atoms with Crippen molar-refractivity contribution in [2.75, 3.05) is 0 Å². The fraction of sp³-hybridized carbons (Fsp3) is 0.600. The summed E-state index contributed by atoms with van der Waals surface area (Å²) in [5, 5.41) is 0. The number of hydrogen-bond donors (Lipinski definition) is 0. The largest absolute Gasteiger partial charge is 0.0617 e. The molecule has 0 aliphatic heterocycles. The Morgan fingerprint density at radius 3 is 2.93 bits per heavy atom. The van der Waals surface area contributed by atoms with E-state index >= 15 is 0 Å². The Morgan fingerprint density at radius 1 is 1.13 bits per heavy atom. The Balaban J connectivity index is 1.88. The zero-order valence-electron chi connectivity index (χ0n) is 9.37. The van der Waals surface area contributed by atoms with Crippen molar-refractivity contribution in [2.45, 2.75) is 38.5 Å². The van der Waals surface area contributed by atoms with Gasteiger partial charge in [-0.15, -0.1) is 0 Å². The Hall–Kier alpha value is -0.780. The maximum atomic E-state index is 2.38. The molecule has 78 valence electrons. The molecule has 3 aliphatic rings. The lowest BCUT2D eigenvalue weighted by atomic mass is 9.79. The molecule has 0 spiro atoms. The van der Waals surface area contributed by atoms with E-state index in [1.165, 1.54) is 19.3 Å². The SMILES string of the molecule is Cc1cccc2c1[C@@H]1[C@H]3CC[C@H](C3)[C@@H]1C2. The average Bonchev–Trinajstić information content (AvgIpc) is 2.87. The molecule has 0 saturated heterocycles. The highest BCUT2D eigenvalue weighted by atomic mass is 14.6. The van der Waals surface area contributed by atoms with Crippen molar-refractivity contribution in [1.82, 2.24) is 0 Å². The Labute approximate surface area is 91.7 Å². The predicted octanol–water partition coefficient (Wildman–Crippen LogP) is 3.68. The van der Waals surface area contributed by atoms with E-state index in [2.05, 4.69) is 25.1 Å². The van der Waals surface area contributed by atoms with Gasteiger partial charge in [-0.25, -0.2) is 0 Å². The van der Waals surface area contributed by atoms with Crippen molar-refractivity contribution in [3.05, 3.63) is 34.9 Å². The van der Waals surface area contributed by atoms with Crippen molar-refractivity contribution < 1.29 is 0 Å². The van der Waals surface area contributed by atoms with Gasteiger partial charge >= 0.3 is 0 Å². The van der Waals surface area contributed by atoms with Crippen molar-refractivity contribution in [3.8, 4) is 0 Å². The summed E-state index contributed by atoms with van der Waals surface area (Å²) in [7, 11) is 0. The average molecular weight is 198 g/mol. The summed E-state index contributed by atoms with van der Waals surface area (Å²) in [5.41, 5.74) is 5.00. The van der Waals surface area contributed by atoms with Gasteiger partial charge in [0.15, 0.2) is 0 Å². The minimum Gasteiger partial charge on any atom is -0.0617 e. The summed E-state index contributed by atoms with van der Waals surface area (Å²) in [6.45, 7) is 2.31. The third kappa shape index (κ3) is 0.934. The number of fused-ring (bicyclic) bond motifs is 7. The third-order valence-electron chi connectivity index (χ3n) is 5.29. The van der Waals surface area contributed by atoms with Crippen LogP contribution < -0.4 is 0 Å². The first kappa shape index (κ1) is 8.38. The fourth-order valence-electron chi connectivity index (χ4n) is 4.80. The molecule has 1 aromatic rings. The van der Waals surface area contributed by atoms with Crippen molar-refractivity contribution in [3.63, 3.8) is 0 Å². The van der Waals surface area contributed by atoms with E-state index in [-0.39, 0.29) is 0 Å². The Bertz CT molecular complexity index is 418. The summed E-state index contributed by atoms with van der Waals surface area (Å²) >= 11 is 0. The lowest BCUT2D eigenvalue weighted by Crippen LogP contribution is -2.16. The van der Waals surface area contributed by atoms with E-state index in [1.54, 1.807) is 23.1 Å². The van der Waals surface area contributed by atoms with Gasteiger partial charge in [-0.2, -0.15) is 0 Å². The lowest BCUT2D eigenvalue weighted by molar-refractivity contribution is 0.309. The topological polar surface area (TPSA) is 0 Å². The Kier molecular flexibility index (Phi) is 1.49. The van der Waals surface area contributed by atoms with Gasteiger partial charge in [0.05, 0.1) is 0 Å². The first-order valence-corrected chi connectivity index (χ1v) is 6.43. The van der Waals surface area contributed by atoms with Gasteiger partial charge in [0, 0.05) is 0 Å². The van der Waals surface area contributed by atoms with Gasteiger partial charge in [-0.3, -0.25) is 0 Å². The van der Waals surface area contributed by atoms with Gasteiger partial charge < -0.3 is 0 Å². The number of hydrogen-bond acceptors (Lipinski definition) is 0. The van der Waals surface area contributed by atoms with Gasteiger partial charge in [-0.05, 0) is 73.0 Å². The maximum absolute atomic E-state index is 2.38. The molecule has 0 N–H and O–H groups in total. The number of aryl methyl sites for hydroxylation is 1. The van der Waals surface area contributed by atoms with Crippen LogP contribution in [0, 0.1) is 24.7 Å². The van der Waals surface area contributed by atoms with Crippen LogP contribution in [0.4, 0.5) is 0 Å². The van der Waals surface area contributed by atoms with Crippen LogP contribution in [-0.4, -0.2) is 0 Å². The fourth-order valence-corrected chi connectivity index (χ4v) is 4.80. The molecule has 1 aromatic carbocycles. The molecule has 4 rings (SSSR count). The molecule has 0 radical (unpaired) electrons. The van der Waals surface area contributed by atoms with Gasteiger partial charge in [0.1, 0.15) is 0 Å². The molecule has 0 amide bonds. The number of benzene rings is 1. The quantitative estimate of drug-likeness (QED) is 0.596. The zero-order valence-corrected chi connectivity index (χ0v) is 9.37. The summed E-state index contributed by atoms with van der Waals surface area (Å²) in [6, 6.07) is 6.93. The molecule has 2 fully saturated rings. The smallest absolute Gasteiger partial charge is 0.00940 e. The van der Waals surface area contributed by atoms with E-state index in [0.717, 1.165) is 23.7 Å². The van der Waals surface area contributed by atoms with Crippen LogP contribution in [0.3, 0.4) is 0 Å². The lowest BCUT2D eigenvalue weighted by Gasteiger charge is -2.25. The van der Waals surface area contributed by atoms with Crippen LogP contribution in [0.15, 0.2) is 18.2 Å². The van der Waals surface area contributed by atoms with Crippen molar-refractivity contribution in [2.24, 2.45) is 17.8 Å². The summed E-state index contributed by atoms with van der Waals surface area (Å²) in [4.78, 5) is 0. The maximum Gasteiger partial charge on any atom is -0.00940 e. The van der Waals surface area contributed by atoms with Crippen LogP contribution in [0.1, 0.15) is 41.9 Å². The Morgan fingerprint density at radius 2 is 2.00 bits per heavy atom.